The minimum atomic E-state index is -0.433. The molecule has 0 unspecified atom stereocenters. The van der Waals surface area contributed by atoms with Gasteiger partial charge in [0.2, 0.25) is 0 Å². The summed E-state index contributed by atoms with van der Waals surface area (Å²) in [5.74, 6) is -0.433. The summed E-state index contributed by atoms with van der Waals surface area (Å²) < 4.78 is 24.8. The fraction of sp³-hybridized carbons (Fsp3) is 0.562. The summed E-state index contributed by atoms with van der Waals surface area (Å²) >= 11 is 0. The average molecular weight is 294 g/mol. The van der Waals surface area contributed by atoms with Crippen molar-refractivity contribution in [3.63, 3.8) is 0 Å². The Morgan fingerprint density at radius 1 is 1.14 bits per heavy atom. The van der Waals surface area contributed by atoms with Gasteiger partial charge in [0.15, 0.2) is 0 Å². The second kappa shape index (κ2) is 10.3. The summed E-state index contributed by atoms with van der Waals surface area (Å²) in [7, 11) is 0. The van der Waals surface area contributed by atoms with Gasteiger partial charge in [0.1, 0.15) is 11.9 Å². The Kier molecular flexibility index (Phi) is 8.60. The van der Waals surface area contributed by atoms with Crippen molar-refractivity contribution in [3.8, 4) is 6.07 Å². The number of benzene rings is 1. The monoisotopic (exact) mass is 294 g/mol. The number of hydrogen-bond acceptors (Lipinski definition) is 4. The van der Waals surface area contributed by atoms with Crippen LogP contribution in [-0.2, 0) is 16.0 Å². The molecule has 0 fully saturated rings. The molecule has 0 aliphatic carbocycles. The summed E-state index contributed by atoms with van der Waals surface area (Å²) in [4.78, 5) is 2.07. The molecule has 0 aliphatic rings. The van der Waals surface area contributed by atoms with E-state index >= 15 is 0 Å². The molecule has 0 aliphatic heterocycles. The van der Waals surface area contributed by atoms with Crippen molar-refractivity contribution in [2.75, 3.05) is 39.5 Å². The molecule has 0 heterocycles. The highest BCUT2D eigenvalue weighted by atomic mass is 19.1. The van der Waals surface area contributed by atoms with Gasteiger partial charge in [-0.15, -0.1) is 0 Å². The highest BCUT2D eigenvalue weighted by Crippen LogP contribution is 2.14. The Morgan fingerprint density at radius 2 is 1.76 bits per heavy atom. The van der Waals surface area contributed by atoms with Crippen molar-refractivity contribution < 1.29 is 13.9 Å². The summed E-state index contributed by atoms with van der Waals surface area (Å²) in [6.45, 7) is 8.27. The molecular formula is C16H23FN2O2. The molecule has 21 heavy (non-hydrogen) atoms. The van der Waals surface area contributed by atoms with Crippen LogP contribution in [-0.4, -0.2) is 44.4 Å². The lowest BCUT2D eigenvalue weighted by atomic mass is 10.1. The van der Waals surface area contributed by atoms with Gasteiger partial charge >= 0.3 is 0 Å². The summed E-state index contributed by atoms with van der Waals surface area (Å²) in [6, 6.07) is 6.78. The van der Waals surface area contributed by atoms with Crippen molar-refractivity contribution >= 4 is 0 Å². The third kappa shape index (κ3) is 6.21. The molecule has 0 bridgehead atoms. The van der Waals surface area contributed by atoms with Gasteiger partial charge in [0.05, 0.1) is 18.8 Å². The minimum absolute atomic E-state index is 0.0852. The Labute approximate surface area is 126 Å². The molecule has 0 spiro atoms. The first-order valence-electron chi connectivity index (χ1n) is 7.28. The third-order valence-electron chi connectivity index (χ3n) is 3.11. The molecule has 0 saturated heterocycles. The second-order valence-corrected chi connectivity index (χ2v) is 4.56. The molecule has 1 aromatic rings. The molecule has 1 rings (SSSR count). The van der Waals surface area contributed by atoms with E-state index in [9.17, 15) is 4.39 Å². The lowest BCUT2D eigenvalue weighted by Crippen LogP contribution is -2.31. The smallest absolute Gasteiger partial charge is 0.145 e. The van der Waals surface area contributed by atoms with Gasteiger partial charge < -0.3 is 9.47 Å². The molecule has 0 radical (unpaired) electrons. The third-order valence-corrected chi connectivity index (χ3v) is 3.11. The zero-order valence-electron chi connectivity index (χ0n) is 12.8. The van der Waals surface area contributed by atoms with E-state index in [0.29, 0.717) is 51.6 Å². The van der Waals surface area contributed by atoms with Crippen LogP contribution in [0.25, 0.3) is 0 Å². The van der Waals surface area contributed by atoms with Gasteiger partial charge in [-0.25, -0.2) is 4.39 Å². The number of rotatable bonds is 10. The minimum Gasteiger partial charge on any atom is -0.380 e. The molecule has 116 valence electrons. The topological polar surface area (TPSA) is 45.5 Å². The number of halogens is 1. The zero-order valence-corrected chi connectivity index (χ0v) is 12.8. The zero-order chi connectivity index (χ0) is 15.5. The van der Waals surface area contributed by atoms with Crippen LogP contribution in [0.1, 0.15) is 25.0 Å². The fourth-order valence-corrected chi connectivity index (χ4v) is 1.98. The Hall–Kier alpha value is -1.48. The molecule has 5 heteroatoms. The standard InChI is InChI=1S/C16H23FN2O2/c1-3-20-10-8-19(9-11-21-4-2)13-15-7-5-6-14(12-18)16(15)17/h5-7H,3-4,8-11,13H2,1-2H3. The second-order valence-electron chi connectivity index (χ2n) is 4.56. The summed E-state index contributed by atoms with van der Waals surface area (Å²) in [5.41, 5.74) is 0.615. The highest BCUT2D eigenvalue weighted by Gasteiger charge is 2.12. The molecular weight excluding hydrogens is 271 g/mol. The first kappa shape index (κ1) is 17.6. The van der Waals surface area contributed by atoms with Crippen LogP contribution in [0.2, 0.25) is 0 Å². The Morgan fingerprint density at radius 3 is 2.29 bits per heavy atom. The van der Waals surface area contributed by atoms with E-state index in [1.165, 1.54) is 6.07 Å². The lowest BCUT2D eigenvalue weighted by Gasteiger charge is -2.22. The van der Waals surface area contributed by atoms with Crippen LogP contribution in [0, 0.1) is 17.1 Å². The Balaban J connectivity index is 2.68. The lowest BCUT2D eigenvalue weighted by molar-refractivity contribution is 0.0793. The first-order chi connectivity index (χ1) is 10.2. The van der Waals surface area contributed by atoms with E-state index < -0.39 is 5.82 Å². The number of nitrogens with zero attached hydrogens (tertiary/aromatic N) is 2. The van der Waals surface area contributed by atoms with E-state index in [0.717, 1.165) is 0 Å². The van der Waals surface area contributed by atoms with Crippen molar-refractivity contribution in [1.29, 1.82) is 5.26 Å². The van der Waals surface area contributed by atoms with Gasteiger partial charge in [-0.1, -0.05) is 12.1 Å². The van der Waals surface area contributed by atoms with Crippen molar-refractivity contribution in [2.45, 2.75) is 20.4 Å². The van der Waals surface area contributed by atoms with Crippen LogP contribution in [0.5, 0.6) is 0 Å². The van der Waals surface area contributed by atoms with Crippen molar-refractivity contribution in [1.82, 2.24) is 4.90 Å². The molecule has 1 aromatic carbocycles. The van der Waals surface area contributed by atoms with Gasteiger partial charge in [0.25, 0.3) is 0 Å². The molecule has 4 nitrogen and oxygen atoms in total. The SMILES string of the molecule is CCOCCN(CCOCC)Cc1cccc(C#N)c1F. The maximum atomic E-state index is 14.1. The maximum absolute atomic E-state index is 14.1. The van der Waals surface area contributed by atoms with E-state index in [-0.39, 0.29) is 5.56 Å². The normalized spacial score (nSPS) is 10.8. The predicted octanol–water partition coefficient (Wildman–Crippen LogP) is 2.57. The van der Waals surface area contributed by atoms with Gasteiger partial charge in [0, 0.05) is 38.4 Å². The van der Waals surface area contributed by atoms with E-state index in [1.54, 1.807) is 12.1 Å². The van der Waals surface area contributed by atoms with Gasteiger partial charge in [-0.3, -0.25) is 4.90 Å². The number of ether oxygens (including phenoxy) is 2. The summed E-state index contributed by atoms with van der Waals surface area (Å²) in [5, 5.41) is 8.88. The van der Waals surface area contributed by atoms with Gasteiger partial charge in [-0.05, 0) is 19.9 Å². The fourth-order valence-electron chi connectivity index (χ4n) is 1.98. The van der Waals surface area contributed by atoms with Crippen molar-refractivity contribution in [3.05, 3.63) is 35.1 Å². The maximum Gasteiger partial charge on any atom is 0.145 e. The van der Waals surface area contributed by atoms with Crippen LogP contribution in [0.15, 0.2) is 18.2 Å². The van der Waals surface area contributed by atoms with E-state index in [2.05, 4.69) is 4.90 Å². The van der Waals surface area contributed by atoms with E-state index in [4.69, 9.17) is 14.7 Å². The number of hydrogen-bond donors (Lipinski definition) is 0. The van der Waals surface area contributed by atoms with Crippen LogP contribution >= 0.6 is 0 Å². The molecule has 0 N–H and O–H groups in total. The first-order valence-corrected chi connectivity index (χ1v) is 7.28. The number of nitriles is 1. The summed E-state index contributed by atoms with van der Waals surface area (Å²) in [6.07, 6.45) is 0. The van der Waals surface area contributed by atoms with Gasteiger partial charge in [-0.2, -0.15) is 5.26 Å². The highest BCUT2D eigenvalue weighted by molar-refractivity contribution is 5.34. The van der Waals surface area contributed by atoms with Crippen LogP contribution in [0.4, 0.5) is 4.39 Å². The van der Waals surface area contributed by atoms with Crippen LogP contribution in [0.3, 0.4) is 0 Å². The van der Waals surface area contributed by atoms with Crippen LogP contribution < -0.4 is 0 Å². The quantitative estimate of drug-likeness (QED) is 0.622. The molecule has 0 amide bonds. The predicted molar refractivity (Wildman–Crippen MR) is 79.4 cm³/mol. The average Bonchev–Trinajstić information content (AvgIpc) is 2.49. The molecule has 0 aromatic heterocycles. The van der Waals surface area contributed by atoms with Crippen molar-refractivity contribution in [2.24, 2.45) is 0 Å². The van der Waals surface area contributed by atoms with E-state index in [1.807, 2.05) is 19.9 Å². The molecule has 0 saturated carbocycles. The molecule has 0 atom stereocenters. The Bertz CT molecular complexity index is 450. The largest absolute Gasteiger partial charge is 0.380 e.